The molecule has 0 bridgehead atoms. The van der Waals surface area contributed by atoms with Gasteiger partial charge in [-0.2, -0.15) is 0 Å². The first-order valence-corrected chi connectivity index (χ1v) is 6.87. The monoisotopic (exact) mass is 312 g/mol. The molecule has 0 radical (unpaired) electrons. The van der Waals surface area contributed by atoms with Crippen LogP contribution in [0.3, 0.4) is 0 Å². The molecule has 18 heavy (non-hydrogen) atoms. The van der Waals surface area contributed by atoms with Crippen LogP contribution in [0.25, 0.3) is 0 Å². The molecule has 0 aliphatic rings. The van der Waals surface area contributed by atoms with Crippen molar-refractivity contribution in [3.63, 3.8) is 0 Å². The molecule has 3 nitrogen and oxygen atoms in total. The van der Waals surface area contributed by atoms with E-state index >= 15 is 0 Å². The second-order valence-corrected chi connectivity index (χ2v) is 6.40. The Labute approximate surface area is 117 Å². The number of nitrogens with one attached hydrogen (secondary N) is 1. The van der Waals surface area contributed by atoms with Gasteiger partial charge < -0.3 is 11.1 Å². The van der Waals surface area contributed by atoms with E-state index in [1.807, 2.05) is 45.0 Å². The van der Waals surface area contributed by atoms with Crippen LogP contribution >= 0.6 is 15.9 Å². The molecule has 0 aromatic heterocycles. The number of hydrogen-bond acceptors (Lipinski definition) is 2. The number of halogens is 1. The minimum absolute atomic E-state index is 0.0425. The normalized spacial score (nSPS) is 13.2. The summed E-state index contributed by atoms with van der Waals surface area (Å²) in [4.78, 5) is 11.9. The van der Waals surface area contributed by atoms with E-state index in [4.69, 9.17) is 5.73 Å². The third-order valence-corrected chi connectivity index (χ3v) is 3.10. The van der Waals surface area contributed by atoms with Gasteiger partial charge in [-0.05, 0) is 45.0 Å². The smallest absolute Gasteiger partial charge is 0.221 e. The van der Waals surface area contributed by atoms with Crippen molar-refractivity contribution in [2.75, 3.05) is 6.54 Å². The standard InChI is InChI=1S/C14H21BrN2O/c1-14(2,3)17-13(18)8-11(9-16)10-4-6-12(15)7-5-10/h4-7,11H,8-9,16H2,1-3H3,(H,17,18). The third-order valence-electron chi connectivity index (χ3n) is 2.57. The summed E-state index contributed by atoms with van der Waals surface area (Å²) in [5, 5.41) is 2.96. The molecule has 1 rings (SSSR count). The van der Waals surface area contributed by atoms with Crippen LogP contribution in [-0.4, -0.2) is 18.0 Å². The zero-order valence-electron chi connectivity index (χ0n) is 11.2. The van der Waals surface area contributed by atoms with E-state index in [-0.39, 0.29) is 17.4 Å². The second-order valence-electron chi connectivity index (χ2n) is 5.49. The van der Waals surface area contributed by atoms with Crippen LogP contribution in [0.4, 0.5) is 0 Å². The van der Waals surface area contributed by atoms with Gasteiger partial charge in [-0.1, -0.05) is 28.1 Å². The molecule has 100 valence electrons. The summed E-state index contributed by atoms with van der Waals surface area (Å²) in [6.45, 7) is 6.39. The fraction of sp³-hybridized carbons (Fsp3) is 0.500. The molecular weight excluding hydrogens is 292 g/mol. The maximum atomic E-state index is 11.9. The lowest BCUT2D eigenvalue weighted by atomic mass is 9.95. The van der Waals surface area contributed by atoms with E-state index in [9.17, 15) is 4.79 Å². The van der Waals surface area contributed by atoms with Gasteiger partial charge in [0.05, 0.1) is 0 Å². The topological polar surface area (TPSA) is 55.1 Å². The number of hydrogen-bond donors (Lipinski definition) is 2. The molecule has 0 fully saturated rings. The van der Waals surface area contributed by atoms with Gasteiger partial charge in [-0.25, -0.2) is 0 Å². The Bertz CT molecular complexity index is 395. The van der Waals surface area contributed by atoms with Crippen molar-refractivity contribution in [2.45, 2.75) is 38.6 Å². The van der Waals surface area contributed by atoms with E-state index in [1.165, 1.54) is 0 Å². The number of carbonyl (C=O) groups is 1. The number of rotatable bonds is 4. The molecular formula is C14H21BrN2O. The number of nitrogens with two attached hydrogens (primary N) is 1. The Morgan fingerprint density at radius 3 is 2.33 bits per heavy atom. The predicted octanol–water partition coefficient (Wildman–Crippen LogP) is 2.80. The van der Waals surface area contributed by atoms with E-state index in [0.29, 0.717) is 13.0 Å². The molecule has 0 spiro atoms. The van der Waals surface area contributed by atoms with Gasteiger partial charge in [0.1, 0.15) is 0 Å². The molecule has 0 aliphatic carbocycles. The van der Waals surface area contributed by atoms with Crippen LogP contribution < -0.4 is 11.1 Å². The summed E-state index contributed by atoms with van der Waals surface area (Å²) in [5.74, 6) is 0.112. The highest BCUT2D eigenvalue weighted by atomic mass is 79.9. The van der Waals surface area contributed by atoms with Crippen LogP contribution in [0.15, 0.2) is 28.7 Å². The molecule has 1 amide bonds. The molecule has 1 unspecified atom stereocenters. The van der Waals surface area contributed by atoms with E-state index in [1.54, 1.807) is 0 Å². The fourth-order valence-electron chi connectivity index (χ4n) is 1.77. The zero-order valence-corrected chi connectivity index (χ0v) is 12.8. The first-order valence-electron chi connectivity index (χ1n) is 6.08. The van der Waals surface area contributed by atoms with Crippen molar-refractivity contribution in [1.29, 1.82) is 0 Å². The van der Waals surface area contributed by atoms with E-state index in [0.717, 1.165) is 10.0 Å². The number of amides is 1. The summed E-state index contributed by atoms with van der Waals surface area (Å²) >= 11 is 3.40. The molecule has 1 aromatic rings. The first-order chi connectivity index (χ1) is 8.31. The molecule has 1 aromatic carbocycles. The SMILES string of the molecule is CC(C)(C)NC(=O)CC(CN)c1ccc(Br)cc1. The average molecular weight is 313 g/mol. The second kappa shape index (κ2) is 6.34. The Kier molecular flexibility index (Phi) is 5.35. The average Bonchev–Trinajstić information content (AvgIpc) is 2.25. The predicted molar refractivity (Wildman–Crippen MR) is 78.5 cm³/mol. The molecule has 0 saturated carbocycles. The highest BCUT2D eigenvalue weighted by Gasteiger charge is 2.18. The lowest BCUT2D eigenvalue weighted by Crippen LogP contribution is -2.41. The Balaban J connectivity index is 2.68. The van der Waals surface area contributed by atoms with Gasteiger partial charge in [0.2, 0.25) is 5.91 Å². The quantitative estimate of drug-likeness (QED) is 0.898. The van der Waals surface area contributed by atoms with Crippen molar-refractivity contribution in [3.8, 4) is 0 Å². The van der Waals surface area contributed by atoms with Gasteiger partial charge in [-0.3, -0.25) is 4.79 Å². The maximum absolute atomic E-state index is 11.9. The van der Waals surface area contributed by atoms with E-state index in [2.05, 4.69) is 21.2 Å². The molecule has 0 aliphatic heterocycles. The van der Waals surface area contributed by atoms with Crippen molar-refractivity contribution in [3.05, 3.63) is 34.3 Å². The third kappa shape index (κ3) is 5.19. The van der Waals surface area contributed by atoms with Crippen LogP contribution in [0.5, 0.6) is 0 Å². The number of carbonyl (C=O) groups excluding carboxylic acids is 1. The van der Waals surface area contributed by atoms with Gasteiger partial charge in [0.25, 0.3) is 0 Å². The zero-order chi connectivity index (χ0) is 13.8. The van der Waals surface area contributed by atoms with Crippen molar-refractivity contribution < 1.29 is 4.79 Å². The minimum Gasteiger partial charge on any atom is -0.351 e. The van der Waals surface area contributed by atoms with Gasteiger partial charge >= 0.3 is 0 Å². The highest BCUT2D eigenvalue weighted by Crippen LogP contribution is 2.21. The van der Waals surface area contributed by atoms with Crippen LogP contribution in [-0.2, 0) is 4.79 Å². The lowest BCUT2D eigenvalue weighted by molar-refractivity contribution is -0.122. The van der Waals surface area contributed by atoms with Gasteiger partial charge in [0, 0.05) is 22.4 Å². The highest BCUT2D eigenvalue weighted by molar-refractivity contribution is 9.10. The maximum Gasteiger partial charge on any atom is 0.221 e. The Hall–Kier alpha value is -0.870. The summed E-state index contributed by atoms with van der Waals surface area (Å²) < 4.78 is 1.03. The van der Waals surface area contributed by atoms with Gasteiger partial charge in [-0.15, -0.1) is 0 Å². The van der Waals surface area contributed by atoms with Crippen LogP contribution in [0, 0.1) is 0 Å². The van der Waals surface area contributed by atoms with Crippen molar-refractivity contribution >= 4 is 21.8 Å². The largest absolute Gasteiger partial charge is 0.351 e. The molecule has 0 saturated heterocycles. The molecule has 4 heteroatoms. The summed E-state index contributed by atoms with van der Waals surface area (Å²) in [7, 11) is 0. The molecule has 1 atom stereocenters. The Morgan fingerprint density at radius 2 is 1.89 bits per heavy atom. The van der Waals surface area contributed by atoms with Crippen molar-refractivity contribution in [2.24, 2.45) is 5.73 Å². The Morgan fingerprint density at radius 1 is 1.33 bits per heavy atom. The summed E-state index contributed by atoms with van der Waals surface area (Å²) in [6.07, 6.45) is 0.426. The fourth-order valence-corrected chi connectivity index (χ4v) is 2.03. The summed E-state index contributed by atoms with van der Waals surface area (Å²) in [5.41, 5.74) is 6.67. The number of benzene rings is 1. The van der Waals surface area contributed by atoms with Gasteiger partial charge in [0.15, 0.2) is 0 Å². The lowest BCUT2D eigenvalue weighted by Gasteiger charge is -2.22. The first kappa shape index (κ1) is 15.2. The van der Waals surface area contributed by atoms with Crippen molar-refractivity contribution in [1.82, 2.24) is 5.32 Å². The minimum atomic E-state index is -0.198. The van der Waals surface area contributed by atoms with Crippen LogP contribution in [0.2, 0.25) is 0 Å². The molecule has 3 N–H and O–H groups in total. The molecule has 0 heterocycles. The van der Waals surface area contributed by atoms with E-state index < -0.39 is 0 Å². The van der Waals surface area contributed by atoms with Crippen LogP contribution in [0.1, 0.15) is 38.7 Å². The summed E-state index contributed by atoms with van der Waals surface area (Å²) in [6, 6.07) is 7.96.